The lowest BCUT2D eigenvalue weighted by molar-refractivity contribution is -0.150. The molecule has 0 saturated carbocycles. The van der Waals surface area contributed by atoms with Gasteiger partial charge in [0, 0.05) is 19.0 Å². The van der Waals surface area contributed by atoms with E-state index in [1.165, 1.54) is 0 Å². The SMILES string of the molecule is CC1CN(C(=O)C(C)C(C)(C)C)CCC1C(=O)O. The van der Waals surface area contributed by atoms with Crippen molar-refractivity contribution in [2.24, 2.45) is 23.2 Å². The Labute approximate surface area is 109 Å². The van der Waals surface area contributed by atoms with E-state index in [9.17, 15) is 9.59 Å². The second-order valence-corrected chi connectivity index (χ2v) is 6.58. The van der Waals surface area contributed by atoms with Crippen LogP contribution in [0.3, 0.4) is 0 Å². The number of hydrogen-bond acceptors (Lipinski definition) is 2. The minimum absolute atomic E-state index is 0.0346. The maximum Gasteiger partial charge on any atom is 0.306 e. The van der Waals surface area contributed by atoms with Gasteiger partial charge in [-0.15, -0.1) is 0 Å². The monoisotopic (exact) mass is 255 g/mol. The molecule has 1 aliphatic heterocycles. The lowest BCUT2D eigenvalue weighted by Crippen LogP contribution is -2.48. The number of amides is 1. The summed E-state index contributed by atoms with van der Waals surface area (Å²) in [6.07, 6.45) is 0.569. The number of nitrogens with zero attached hydrogens (tertiary/aromatic N) is 1. The highest BCUT2D eigenvalue weighted by atomic mass is 16.4. The smallest absolute Gasteiger partial charge is 0.306 e. The van der Waals surface area contributed by atoms with E-state index in [1.54, 1.807) is 0 Å². The average molecular weight is 255 g/mol. The van der Waals surface area contributed by atoms with Gasteiger partial charge in [0.05, 0.1) is 5.92 Å². The zero-order valence-corrected chi connectivity index (χ0v) is 12.1. The van der Waals surface area contributed by atoms with Crippen molar-refractivity contribution in [2.75, 3.05) is 13.1 Å². The summed E-state index contributed by atoms with van der Waals surface area (Å²) in [6.45, 7) is 11.2. The van der Waals surface area contributed by atoms with Crippen molar-refractivity contribution < 1.29 is 14.7 Å². The molecule has 0 spiro atoms. The van der Waals surface area contributed by atoms with Crippen LogP contribution in [0.2, 0.25) is 0 Å². The molecule has 104 valence electrons. The van der Waals surface area contributed by atoms with Crippen molar-refractivity contribution in [2.45, 2.75) is 41.0 Å². The molecular weight excluding hydrogens is 230 g/mol. The van der Waals surface area contributed by atoms with Crippen LogP contribution < -0.4 is 0 Å². The molecule has 0 aromatic heterocycles. The quantitative estimate of drug-likeness (QED) is 0.823. The first kappa shape index (κ1) is 15.0. The van der Waals surface area contributed by atoms with Gasteiger partial charge in [-0.05, 0) is 17.8 Å². The van der Waals surface area contributed by atoms with Crippen molar-refractivity contribution in [3.63, 3.8) is 0 Å². The van der Waals surface area contributed by atoms with Crippen LogP contribution in [0.4, 0.5) is 0 Å². The molecule has 0 aliphatic carbocycles. The number of aliphatic carboxylic acids is 1. The molecule has 1 fully saturated rings. The Morgan fingerprint density at radius 1 is 1.33 bits per heavy atom. The van der Waals surface area contributed by atoms with Gasteiger partial charge >= 0.3 is 5.97 Å². The molecule has 0 aromatic carbocycles. The van der Waals surface area contributed by atoms with Crippen molar-refractivity contribution in [1.82, 2.24) is 4.90 Å². The summed E-state index contributed by atoms with van der Waals surface area (Å²) in [5, 5.41) is 9.07. The van der Waals surface area contributed by atoms with Crippen molar-refractivity contribution in [3.8, 4) is 0 Å². The maximum atomic E-state index is 12.3. The Balaban J connectivity index is 2.67. The fourth-order valence-corrected chi connectivity index (χ4v) is 2.36. The van der Waals surface area contributed by atoms with Crippen molar-refractivity contribution in [3.05, 3.63) is 0 Å². The van der Waals surface area contributed by atoms with E-state index in [-0.39, 0.29) is 29.1 Å². The third-order valence-electron chi connectivity index (χ3n) is 4.20. The lowest BCUT2D eigenvalue weighted by atomic mass is 9.80. The molecule has 0 aromatic rings. The van der Waals surface area contributed by atoms with Crippen LogP contribution in [0, 0.1) is 23.2 Å². The van der Waals surface area contributed by atoms with Crippen LogP contribution in [0.15, 0.2) is 0 Å². The number of piperidine rings is 1. The summed E-state index contributed by atoms with van der Waals surface area (Å²) < 4.78 is 0. The Bertz CT molecular complexity index is 332. The Kier molecular flexibility index (Phi) is 4.41. The number of carbonyl (C=O) groups is 2. The molecule has 1 N–H and O–H groups in total. The standard InChI is InChI=1S/C14H25NO3/c1-9-8-15(7-6-11(9)13(17)18)12(16)10(2)14(3,4)5/h9-11H,6-8H2,1-5H3,(H,17,18). The Hall–Kier alpha value is -1.06. The van der Waals surface area contributed by atoms with Gasteiger partial charge in [0.15, 0.2) is 0 Å². The van der Waals surface area contributed by atoms with Crippen LogP contribution in [-0.4, -0.2) is 35.0 Å². The fourth-order valence-electron chi connectivity index (χ4n) is 2.36. The third-order valence-corrected chi connectivity index (χ3v) is 4.20. The highest BCUT2D eigenvalue weighted by Gasteiger charge is 2.36. The van der Waals surface area contributed by atoms with E-state index in [4.69, 9.17) is 5.11 Å². The topological polar surface area (TPSA) is 57.6 Å². The molecule has 1 heterocycles. The largest absolute Gasteiger partial charge is 0.481 e. The number of carboxylic acid groups (broad SMARTS) is 1. The Morgan fingerprint density at radius 3 is 2.28 bits per heavy atom. The fraction of sp³-hybridized carbons (Fsp3) is 0.857. The van der Waals surface area contributed by atoms with E-state index in [0.717, 1.165) is 0 Å². The molecule has 1 amide bonds. The van der Waals surface area contributed by atoms with Gasteiger partial charge in [-0.25, -0.2) is 0 Å². The van der Waals surface area contributed by atoms with Crippen LogP contribution in [0.1, 0.15) is 41.0 Å². The summed E-state index contributed by atoms with van der Waals surface area (Å²) in [5.41, 5.74) is -0.0516. The van der Waals surface area contributed by atoms with Gasteiger partial charge in [0.2, 0.25) is 5.91 Å². The maximum absolute atomic E-state index is 12.3. The van der Waals surface area contributed by atoms with E-state index in [2.05, 4.69) is 20.8 Å². The lowest BCUT2D eigenvalue weighted by Gasteiger charge is -2.38. The van der Waals surface area contributed by atoms with Crippen LogP contribution in [0.5, 0.6) is 0 Å². The summed E-state index contributed by atoms with van der Waals surface area (Å²) in [7, 11) is 0. The van der Waals surface area contributed by atoms with E-state index < -0.39 is 5.97 Å². The molecule has 3 atom stereocenters. The van der Waals surface area contributed by atoms with Gasteiger partial charge in [-0.2, -0.15) is 0 Å². The predicted octanol–water partition coefficient (Wildman–Crippen LogP) is 2.24. The summed E-state index contributed by atoms with van der Waals surface area (Å²) >= 11 is 0. The van der Waals surface area contributed by atoms with E-state index in [0.29, 0.717) is 19.5 Å². The second kappa shape index (κ2) is 5.29. The highest BCUT2D eigenvalue weighted by molar-refractivity contribution is 5.80. The highest BCUT2D eigenvalue weighted by Crippen LogP contribution is 2.30. The minimum atomic E-state index is -0.738. The number of rotatable bonds is 2. The zero-order valence-electron chi connectivity index (χ0n) is 12.1. The van der Waals surface area contributed by atoms with E-state index >= 15 is 0 Å². The molecule has 4 heteroatoms. The van der Waals surface area contributed by atoms with Crippen LogP contribution in [-0.2, 0) is 9.59 Å². The molecule has 3 unspecified atom stereocenters. The summed E-state index contributed by atoms with van der Waals surface area (Å²) in [6, 6.07) is 0. The van der Waals surface area contributed by atoms with Gasteiger partial charge in [0.25, 0.3) is 0 Å². The summed E-state index contributed by atoms with van der Waals surface area (Å²) in [5.74, 6) is -0.894. The third kappa shape index (κ3) is 3.24. The molecule has 1 saturated heterocycles. The van der Waals surface area contributed by atoms with Crippen LogP contribution in [0.25, 0.3) is 0 Å². The zero-order chi connectivity index (χ0) is 14.1. The normalized spacial score (nSPS) is 26.8. The predicted molar refractivity (Wildman–Crippen MR) is 70.1 cm³/mol. The molecule has 4 nitrogen and oxygen atoms in total. The number of hydrogen-bond donors (Lipinski definition) is 1. The van der Waals surface area contributed by atoms with Gasteiger partial charge < -0.3 is 10.0 Å². The van der Waals surface area contributed by atoms with Gasteiger partial charge in [-0.1, -0.05) is 34.6 Å². The van der Waals surface area contributed by atoms with Crippen molar-refractivity contribution in [1.29, 1.82) is 0 Å². The number of likely N-dealkylation sites (tertiary alicyclic amines) is 1. The molecule has 0 radical (unpaired) electrons. The number of carboxylic acids is 1. The molecule has 1 aliphatic rings. The molecule has 18 heavy (non-hydrogen) atoms. The Morgan fingerprint density at radius 2 is 1.89 bits per heavy atom. The van der Waals surface area contributed by atoms with Gasteiger partial charge in [-0.3, -0.25) is 9.59 Å². The number of carbonyl (C=O) groups excluding carboxylic acids is 1. The van der Waals surface area contributed by atoms with Crippen LogP contribution >= 0.6 is 0 Å². The first-order valence-corrected chi connectivity index (χ1v) is 6.66. The molecular formula is C14H25NO3. The summed E-state index contributed by atoms with van der Waals surface area (Å²) in [4.78, 5) is 25.2. The molecule has 0 bridgehead atoms. The minimum Gasteiger partial charge on any atom is -0.481 e. The van der Waals surface area contributed by atoms with E-state index in [1.807, 2.05) is 18.7 Å². The first-order valence-electron chi connectivity index (χ1n) is 6.66. The second-order valence-electron chi connectivity index (χ2n) is 6.58. The average Bonchev–Trinajstić information content (AvgIpc) is 2.25. The molecule has 1 rings (SSSR count). The van der Waals surface area contributed by atoms with Crippen molar-refractivity contribution >= 4 is 11.9 Å². The van der Waals surface area contributed by atoms with Gasteiger partial charge in [0.1, 0.15) is 0 Å². The first-order chi connectivity index (χ1) is 8.14.